The molecule has 1 heterocycles. The Labute approximate surface area is 141 Å². The van der Waals surface area contributed by atoms with Gasteiger partial charge in [0.2, 0.25) is 0 Å². The summed E-state index contributed by atoms with van der Waals surface area (Å²) in [5.41, 5.74) is 0.682. The molecule has 0 aliphatic carbocycles. The predicted molar refractivity (Wildman–Crippen MR) is 92.2 cm³/mol. The Hall–Kier alpha value is -2.47. The number of aliphatic hydroxyl groups is 1. The summed E-state index contributed by atoms with van der Waals surface area (Å²) in [6.07, 6.45) is 3.28. The van der Waals surface area contributed by atoms with Gasteiger partial charge in [0.25, 0.3) is 0 Å². The zero-order valence-electron chi connectivity index (χ0n) is 13.8. The Kier molecular flexibility index (Phi) is 7.17. The largest absolute Gasteiger partial charge is 0.494 e. The van der Waals surface area contributed by atoms with Crippen LogP contribution in [0.1, 0.15) is 38.1 Å². The fraction of sp³-hybridized carbons (Fsp3) is 0.389. The summed E-state index contributed by atoms with van der Waals surface area (Å²) in [6.45, 7) is 3.15. The molecule has 1 aromatic heterocycles. The van der Waals surface area contributed by atoms with Crippen molar-refractivity contribution in [2.75, 3.05) is 18.5 Å². The lowest BCUT2D eigenvalue weighted by atomic mass is 10.2. The number of ether oxygens (including phenoxy) is 1. The third kappa shape index (κ3) is 5.96. The molecule has 130 valence electrons. The standard InChI is InChI=1S/C18H24N2O4/c1-2-3-12-23-15-8-6-14(7-9-15)20-18(22)19-11-10-16(21)17-5-4-13-24-17/h4-9,13,16,21H,2-3,10-12H2,1H3,(H2,19,20,22)/t16-/m1/s1. The minimum Gasteiger partial charge on any atom is -0.494 e. The molecule has 2 aromatic rings. The van der Waals surface area contributed by atoms with Gasteiger partial charge >= 0.3 is 6.03 Å². The van der Waals surface area contributed by atoms with Crippen LogP contribution in [-0.2, 0) is 0 Å². The molecule has 3 N–H and O–H groups in total. The van der Waals surface area contributed by atoms with Crippen molar-refractivity contribution in [3.8, 4) is 5.75 Å². The summed E-state index contributed by atoms with van der Waals surface area (Å²) in [6, 6.07) is 10.3. The molecule has 0 bridgehead atoms. The van der Waals surface area contributed by atoms with Crippen molar-refractivity contribution in [1.82, 2.24) is 5.32 Å². The maximum Gasteiger partial charge on any atom is 0.319 e. The lowest BCUT2D eigenvalue weighted by Crippen LogP contribution is -2.30. The summed E-state index contributed by atoms with van der Waals surface area (Å²) in [7, 11) is 0. The van der Waals surface area contributed by atoms with Gasteiger partial charge in [-0.25, -0.2) is 4.79 Å². The normalized spacial score (nSPS) is 11.8. The number of carbonyl (C=O) groups excluding carboxylic acids is 1. The Morgan fingerprint density at radius 1 is 1.29 bits per heavy atom. The van der Waals surface area contributed by atoms with Gasteiger partial charge in [-0.2, -0.15) is 0 Å². The highest BCUT2D eigenvalue weighted by molar-refractivity contribution is 5.89. The Bertz CT molecular complexity index is 596. The summed E-state index contributed by atoms with van der Waals surface area (Å²) < 4.78 is 10.7. The number of benzene rings is 1. The van der Waals surface area contributed by atoms with E-state index in [-0.39, 0.29) is 6.03 Å². The van der Waals surface area contributed by atoms with E-state index in [1.165, 1.54) is 6.26 Å². The van der Waals surface area contributed by atoms with E-state index in [4.69, 9.17) is 9.15 Å². The van der Waals surface area contributed by atoms with Crippen molar-refractivity contribution < 1.29 is 19.1 Å². The van der Waals surface area contributed by atoms with Gasteiger partial charge in [-0.15, -0.1) is 0 Å². The number of anilines is 1. The van der Waals surface area contributed by atoms with Crippen molar-refractivity contribution in [2.45, 2.75) is 32.3 Å². The van der Waals surface area contributed by atoms with Crippen molar-refractivity contribution in [2.24, 2.45) is 0 Å². The summed E-state index contributed by atoms with van der Waals surface area (Å²) in [5, 5.41) is 15.3. The van der Waals surface area contributed by atoms with Crippen LogP contribution in [0.5, 0.6) is 5.75 Å². The fourth-order valence-electron chi connectivity index (χ4n) is 2.09. The molecule has 0 aliphatic heterocycles. The molecule has 0 fully saturated rings. The first kappa shape index (κ1) is 17.9. The van der Waals surface area contributed by atoms with Crippen molar-refractivity contribution in [3.05, 3.63) is 48.4 Å². The number of carbonyl (C=O) groups is 1. The fourth-order valence-corrected chi connectivity index (χ4v) is 2.09. The highest BCUT2D eigenvalue weighted by Gasteiger charge is 2.10. The number of furan rings is 1. The quantitative estimate of drug-likeness (QED) is 0.611. The van der Waals surface area contributed by atoms with Crippen molar-refractivity contribution >= 4 is 11.7 Å². The molecule has 2 amide bonds. The third-order valence-corrected chi connectivity index (χ3v) is 3.45. The minimum atomic E-state index is -0.722. The average molecular weight is 332 g/mol. The van der Waals surface area contributed by atoms with Crippen molar-refractivity contribution in [1.29, 1.82) is 0 Å². The zero-order chi connectivity index (χ0) is 17.2. The molecule has 1 atom stereocenters. The van der Waals surface area contributed by atoms with E-state index in [1.807, 2.05) is 12.1 Å². The monoisotopic (exact) mass is 332 g/mol. The SMILES string of the molecule is CCCCOc1ccc(NC(=O)NCC[C@@H](O)c2ccco2)cc1. The number of hydrogen-bond acceptors (Lipinski definition) is 4. The number of unbranched alkanes of at least 4 members (excludes halogenated alkanes) is 1. The van der Waals surface area contributed by atoms with Crippen LogP contribution >= 0.6 is 0 Å². The molecule has 1 aromatic carbocycles. The van der Waals surface area contributed by atoms with Gasteiger partial charge in [0.05, 0.1) is 12.9 Å². The number of rotatable bonds is 9. The first-order valence-corrected chi connectivity index (χ1v) is 8.18. The molecule has 0 saturated heterocycles. The van der Waals surface area contributed by atoms with Gasteiger partial charge in [-0.3, -0.25) is 0 Å². The molecule has 6 nitrogen and oxygen atoms in total. The van der Waals surface area contributed by atoms with Gasteiger partial charge in [-0.1, -0.05) is 13.3 Å². The summed E-state index contributed by atoms with van der Waals surface area (Å²) in [4.78, 5) is 11.8. The topological polar surface area (TPSA) is 83.7 Å². The van der Waals surface area contributed by atoms with Crippen LogP contribution in [0.15, 0.2) is 47.1 Å². The van der Waals surface area contributed by atoms with Crippen LogP contribution in [0, 0.1) is 0 Å². The lowest BCUT2D eigenvalue weighted by Gasteiger charge is -2.11. The smallest absolute Gasteiger partial charge is 0.319 e. The third-order valence-electron chi connectivity index (χ3n) is 3.45. The molecule has 0 saturated carbocycles. The highest BCUT2D eigenvalue weighted by atomic mass is 16.5. The van der Waals surface area contributed by atoms with Gasteiger partial charge < -0.3 is 24.9 Å². The maximum absolute atomic E-state index is 11.8. The minimum absolute atomic E-state index is 0.318. The number of hydrogen-bond donors (Lipinski definition) is 3. The molecule has 6 heteroatoms. The lowest BCUT2D eigenvalue weighted by molar-refractivity contribution is 0.140. The van der Waals surface area contributed by atoms with E-state index >= 15 is 0 Å². The molecule has 0 radical (unpaired) electrons. The van der Waals surface area contributed by atoms with Crippen LogP contribution in [0.2, 0.25) is 0 Å². The Morgan fingerprint density at radius 3 is 2.75 bits per heavy atom. The maximum atomic E-state index is 11.8. The number of urea groups is 1. The number of amides is 2. The predicted octanol–water partition coefficient (Wildman–Crippen LogP) is 3.70. The molecule has 24 heavy (non-hydrogen) atoms. The second kappa shape index (κ2) is 9.62. The molecule has 0 aliphatic rings. The van der Waals surface area contributed by atoms with E-state index in [0.717, 1.165) is 18.6 Å². The Morgan fingerprint density at radius 2 is 2.08 bits per heavy atom. The van der Waals surface area contributed by atoms with Gasteiger partial charge in [0, 0.05) is 12.2 Å². The van der Waals surface area contributed by atoms with Crippen molar-refractivity contribution in [3.63, 3.8) is 0 Å². The highest BCUT2D eigenvalue weighted by Crippen LogP contribution is 2.17. The van der Waals surface area contributed by atoms with E-state index in [1.54, 1.807) is 24.3 Å². The second-order valence-corrected chi connectivity index (χ2v) is 5.43. The van der Waals surface area contributed by atoms with E-state index in [2.05, 4.69) is 17.6 Å². The Balaban J connectivity index is 1.68. The van der Waals surface area contributed by atoms with Gasteiger partial charge in [-0.05, 0) is 49.2 Å². The second-order valence-electron chi connectivity index (χ2n) is 5.43. The molecule has 0 spiro atoms. The van der Waals surface area contributed by atoms with Crippen LogP contribution in [0.4, 0.5) is 10.5 Å². The summed E-state index contributed by atoms with van der Waals surface area (Å²) in [5.74, 6) is 1.28. The molecule has 0 unspecified atom stereocenters. The van der Waals surface area contributed by atoms with Gasteiger partial charge in [0.15, 0.2) is 0 Å². The van der Waals surface area contributed by atoms with Crippen LogP contribution in [-0.4, -0.2) is 24.3 Å². The first-order chi connectivity index (χ1) is 11.7. The van der Waals surface area contributed by atoms with Crippen LogP contribution in [0.3, 0.4) is 0 Å². The number of aliphatic hydroxyl groups excluding tert-OH is 1. The van der Waals surface area contributed by atoms with Crippen LogP contribution in [0.25, 0.3) is 0 Å². The van der Waals surface area contributed by atoms with Gasteiger partial charge in [0.1, 0.15) is 17.6 Å². The molecular weight excluding hydrogens is 308 g/mol. The number of nitrogens with one attached hydrogen (secondary N) is 2. The molecule has 2 rings (SSSR count). The zero-order valence-corrected chi connectivity index (χ0v) is 13.8. The first-order valence-electron chi connectivity index (χ1n) is 8.18. The van der Waals surface area contributed by atoms with E-state index in [0.29, 0.717) is 31.0 Å². The van der Waals surface area contributed by atoms with Crippen LogP contribution < -0.4 is 15.4 Å². The summed E-state index contributed by atoms with van der Waals surface area (Å²) >= 11 is 0. The average Bonchev–Trinajstić information content (AvgIpc) is 3.11. The van der Waals surface area contributed by atoms with E-state index in [9.17, 15) is 9.90 Å². The molecular formula is C18H24N2O4. The van der Waals surface area contributed by atoms with E-state index < -0.39 is 6.10 Å².